The molecule has 0 saturated carbocycles. The number of aliphatic hydroxyl groups excluding tert-OH is 6. The van der Waals surface area contributed by atoms with Crippen LogP contribution in [0.1, 0.15) is 33.4 Å². The van der Waals surface area contributed by atoms with Gasteiger partial charge in [0, 0.05) is 0 Å². The van der Waals surface area contributed by atoms with Gasteiger partial charge in [0.25, 0.3) is 0 Å². The number of hydrogen-bond donors (Lipinski definition) is 8. The van der Waals surface area contributed by atoms with Gasteiger partial charge < -0.3 is 0 Å². The topological polar surface area (TPSA) is 213 Å². The normalized spacial score (nSPS) is 17.4. The Hall–Kier alpha value is -5.24. The Labute approximate surface area is 347 Å². The second-order valence-corrected chi connectivity index (χ2v) is 20.5. The molecule has 8 N–H and O–H groups in total. The first-order chi connectivity index (χ1) is 29.1. The molecule has 60 heavy (non-hydrogen) atoms. The van der Waals surface area contributed by atoms with Gasteiger partial charge in [-0.25, -0.2) is 0 Å². The van der Waals surface area contributed by atoms with Crippen LogP contribution in [-0.2, 0) is 39.6 Å². The minimum atomic E-state index is -5.63. The van der Waals surface area contributed by atoms with Crippen molar-refractivity contribution in [1.82, 2.24) is 9.72 Å². The van der Waals surface area contributed by atoms with E-state index >= 15 is 0 Å². The number of hydrogen-bond acceptors (Lipinski definition) is 15. The zero-order chi connectivity index (χ0) is 42.1. The Balaban J connectivity index is 1.54. The number of rotatable bonds is 18. The summed E-state index contributed by atoms with van der Waals surface area (Å²) in [6.45, 7) is -1.40. The standard InChI is InChI=1S/C42H44N3O12P3/c46-25-31-1-13-37(14-2-31)52-59(53-38-15-3-32(26-47)4-16-38,54-39-17-5-33(27-48)6-18-39)43-58-44-60(45-59,55-40-19-7-34(28-49)8-20-40,56-41-21-9-35(29-50)10-22-41)57-42-23-11-36(30-51)12-24-42/h1-24,45-51H,25-30H2,(H,43,44). The summed E-state index contributed by atoms with van der Waals surface area (Å²) in [6, 6.07) is 39.3. The summed E-state index contributed by atoms with van der Waals surface area (Å²) in [7, 11) is -11.2. The maximum atomic E-state index is 9.91. The fourth-order valence-corrected chi connectivity index (χ4v) is 16.2. The molecule has 0 unspecified atom stereocenters. The molecule has 1 aliphatic rings. The zero-order valence-corrected chi connectivity index (χ0v) is 34.7. The Bertz CT molecular complexity index is 2130. The van der Waals surface area contributed by atoms with E-state index < -0.39 is 15.2 Å². The molecule has 6 aromatic carbocycles. The van der Waals surface area contributed by atoms with Crippen molar-refractivity contribution in [3.8, 4) is 34.5 Å². The molecule has 0 radical (unpaired) electrons. The molecule has 0 aromatic heterocycles. The van der Waals surface area contributed by atoms with Crippen molar-refractivity contribution in [3.05, 3.63) is 179 Å². The second kappa shape index (κ2) is 18.2. The van der Waals surface area contributed by atoms with Crippen LogP contribution in [0.4, 0.5) is 0 Å². The van der Waals surface area contributed by atoms with E-state index in [0.29, 0.717) is 33.4 Å². The molecule has 1 heterocycles. The van der Waals surface area contributed by atoms with Crippen LogP contribution in [0.5, 0.6) is 34.5 Å². The maximum absolute atomic E-state index is 9.91. The monoisotopic (exact) mass is 875 g/mol. The van der Waals surface area contributed by atoms with Crippen LogP contribution in [0.15, 0.2) is 150 Å². The van der Waals surface area contributed by atoms with E-state index in [2.05, 4.69) is 9.72 Å². The van der Waals surface area contributed by atoms with E-state index in [0.717, 1.165) is 0 Å². The predicted molar refractivity (Wildman–Crippen MR) is 227 cm³/mol. The average Bonchev–Trinajstić information content (AvgIpc) is 3.28. The number of nitrogens with one attached hydrogen (secondary N) is 2. The summed E-state index contributed by atoms with van der Waals surface area (Å²) >= 11 is 0. The Morgan fingerprint density at radius 2 is 0.567 bits per heavy atom. The van der Waals surface area contributed by atoms with Gasteiger partial charge in [-0.1, -0.05) is 0 Å². The molecule has 0 saturated heterocycles. The Morgan fingerprint density at radius 3 is 0.783 bits per heavy atom. The zero-order valence-electron chi connectivity index (χ0n) is 32.0. The molecule has 0 bridgehead atoms. The molecule has 1 aliphatic heterocycles. The van der Waals surface area contributed by atoms with Crippen LogP contribution >= 0.6 is 23.7 Å². The molecule has 7 rings (SSSR count). The average molecular weight is 876 g/mol. The Kier molecular flexibility index (Phi) is 13.0. The third-order valence-electron chi connectivity index (χ3n) is 9.00. The predicted octanol–water partition coefficient (Wildman–Crippen LogP) is 7.91. The molecule has 0 aliphatic carbocycles. The molecule has 15 nitrogen and oxygen atoms in total. The van der Waals surface area contributed by atoms with Gasteiger partial charge in [-0.15, -0.1) is 0 Å². The van der Waals surface area contributed by atoms with Crippen LogP contribution in [0.25, 0.3) is 0 Å². The molecule has 0 atom stereocenters. The van der Waals surface area contributed by atoms with Gasteiger partial charge in [0.15, 0.2) is 0 Å². The van der Waals surface area contributed by atoms with Crippen molar-refractivity contribution in [2.24, 2.45) is 4.52 Å². The summed E-state index contributed by atoms with van der Waals surface area (Å²) in [6.07, 6.45) is 0. The van der Waals surface area contributed by atoms with Crippen LogP contribution in [-0.4, -0.2) is 30.6 Å². The van der Waals surface area contributed by atoms with Crippen LogP contribution < -0.4 is 36.9 Å². The Morgan fingerprint density at radius 1 is 0.350 bits per heavy atom. The van der Waals surface area contributed by atoms with Gasteiger partial charge >= 0.3 is 349 Å². The van der Waals surface area contributed by atoms with Crippen molar-refractivity contribution >= 4 is 23.7 Å². The third kappa shape index (κ3) is 9.69. The first-order valence-corrected chi connectivity index (χ1v) is 23.3. The van der Waals surface area contributed by atoms with Gasteiger partial charge in [-0.05, 0) is 0 Å². The first kappa shape index (κ1) is 42.9. The van der Waals surface area contributed by atoms with Gasteiger partial charge in [0.05, 0.1) is 0 Å². The summed E-state index contributed by atoms with van der Waals surface area (Å²) in [5, 5.41) is 59.4. The minimum absolute atomic E-state index is 0.00592. The van der Waals surface area contributed by atoms with Crippen molar-refractivity contribution in [3.63, 3.8) is 0 Å². The molecule has 0 spiro atoms. The van der Waals surface area contributed by atoms with Gasteiger partial charge in [0.1, 0.15) is 0 Å². The van der Waals surface area contributed by atoms with E-state index in [-0.39, 0.29) is 82.7 Å². The summed E-state index contributed by atoms with van der Waals surface area (Å²) in [4.78, 5) is 6.69. The fraction of sp³-hybridized carbons (Fsp3) is 0.143. The van der Waals surface area contributed by atoms with Gasteiger partial charge in [-0.2, -0.15) is 0 Å². The third-order valence-corrected chi connectivity index (χ3v) is 18.3. The van der Waals surface area contributed by atoms with Gasteiger partial charge in [0.2, 0.25) is 0 Å². The number of aliphatic hydroxyl groups is 6. The second-order valence-electron chi connectivity index (χ2n) is 13.5. The van der Waals surface area contributed by atoms with E-state index in [9.17, 15) is 30.6 Å². The molecular weight excluding hydrogens is 831 g/mol. The number of nitrogens with zero attached hydrogens (tertiary/aromatic N) is 1. The van der Waals surface area contributed by atoms with Crippen molar-refractivity contribution in [2.75, 3.05) is 0 Å². The SMILES string of the molecule is OCc1ccc(OP2(Oc3ccc(CO)cc3)(Oc3ccc(CO)cc3)N=PNP(Oc3ccc(CO)cc3)(Oc3ccc(CO)cc3)(Oc3ccc(CO)cc3)N2)cc1. The first-order valence-electron chi connectivity index (χ1n) is 18.6. The molecule has 0 fully saturated rings. The van der Waals surface area contributed by atoms with E-state index in [1.54, 1.807) is 146 Å². The van der Waals surface area contributed by atoms with Crippen LogP contribution in [0, 0.1) is 0 Å². The summed E-state index contributed by atoms with van der Waals surface area (Å²) in [5.41, 5.74) is 3.59. The van der Waals surface area contributed by atoms with Gasteiger partial charge in [-0.3, -0.25) is 0 Å². The van der Waals surface area contributed by atoms with Crippen molar-refractivity contribution in [2.45, 2.75) is 39.6 Å². The molecule has 18 heteroatoms. The van der Waals surface area contributed by atoms with Crippen LogP contribution in [0.3, 0.4) is 0 Å². The molecule has 314 valence electrons. The number of benzene rings is 6. The van der Waals surface area contributed by atoms with Crippen LogP contribution in [0.2, 0.25) is 0 Å². The quantitative estimate of drug-likeness (QED) is 0.0386. The van der Waals surface area contributed by atoms with E-state index in [1.165, 1.54) is 0 Å². The van der Waals surface area contributed by atoms with E-state index in [1.807, 2.05) is 0 Å². The fourth-order valence-electron chi connectivity index (χ4n) is 5.92. The molecule has 0 amide bonds. The molecular formula is C42H44N3O12P3. The molecule has 6 aromatic rings. The van der Waals surface area contributed by atoms with E-state index in [4.69, 9.17) is 31.7 Å². The van der Waals surface area contributed by atoms with Crippen molar-refractivity contribution < 1.29 is 57.8 Å². The summed E-state index contributed by atoms with van der Waals surface area (Å²) < 4.78 is 47.3. The van der Waals surface area contributed by atoms with Crippen molar-refractivity contribution in [1.29, 1.82) is 0 Å². The summed E-state index contributed by atoms with van der Waals surface area (Å²) in [5.74, 6) is 1.14.